The van der Waals surface area contributed by atoms with Crippen LogP contribution < -0.4 is 31.6 Å². The lowest BCUT2D eigenvalue weighted by Crippen LogP contribution is -2.47. The standard InChI is InChI=1S/C48H45F2N9O5/c49-33-5-13-39(14-6-33)63-37-9-1-31(2-10-37)41-25-35(27-43(56-41)47(51)60)54-18-17-45(59-22-19-53-30-59)46-29-58(23-24-62-46)21-20-55-36-26-42(57-44(28-36)48(52)61)32-3-11-38(12-4-32)64-40-15-7-34(50)8-16-40/h1-16,19,22,25-28,30,45-46H,17-18,20-21,23-24,29H2,(H2,51,60)(H2,52,61)(H,54,56)(H,55,57). The lowest BCUT2D eigenvalue weighted by Gasteiger charge is -2.37. The summed E-state index contributed by atoms with van der Waals surface area (Å²) in [5.74, 6) is 0.139. The van der Waals surface area contributed by atoms with E-state index in [0.717, 1.165) is 17.7 Å². The molecule has 14 nitrogen and oxygen atoms in total. The van der Waals surface area contributed by atoms with E-state index >= 15 is 0 Å². The first-order valence-electron chi connectivity index (χ1n) is 20.6. The van der Waals surface area contributed by atoms with Gasteiger partial charge in [-0.3, -0.25) is 14.5 Å². The molecule has 4 heterocycles. The first-order chi connectivity index (χ1) is 31.1. The maximum Gasteiger partial charge on any atom is 0.267 e. The molecule has 326 valence electrons. The van der Waals surface area contributed by atoms with E-state index in [1.165, 1.54) is 24.3 Å². The molecule has 2 unspecified atom stereocenters. The van der Waals surface area contributed by atoms with Crippen LogP contribution in [0.2, 0.25) is 0 Å². The van der Waals surface area contributed by atoms with E-state index in [0.29, 0.717) is 85.0 Å². The third kappa shape index (κ3) is 11.2. The lowest BCUT2D eigenvalue weighted by molar-refractivity contribution is -0.0537. The van der Waals surface area contributed by atoms with E-state index in [1.54, 1.807) is 73.2 Å². The number of halogens is 2. The van der Waals surface area contributed by atoms with Gasteiger partial charge < -0.3 is 40.9 Å². The van der Waals surface area contributed by atoms with Crippen molar-refractivity contribution in [3.05, 3.63) is 163 Å². The van der Waals surface area contributed by atoms with Gasteiger partial charge in [0.05, 0.1) is 36.5 Å². The molecule has 8 rings (SSSR count). The van der Waals surface area contributed by atoms with Crippen LogP contribution in [-0.2, 0) is 4.74 Å². The summed E-state index contributed by atoms with van der Waals surface area (Å²) < 4.78 is 46.8. The number of nitrogens with one attached hydrogen (secondary N) is 2. The maximum absolute atomic E-state index is 13.3. The molecule has 1 aliphatic rings. The summed E-state index contributed by atoms with van der Waals surface area (Å²) in [6.07, 6.45) is 5.98. The van der Waals surface area contributed by atoms with Gasteiger partial charge in [0, 0.05) is 67.6 Å². The van der Waals surface area contributed by atoms with Crippen molar-refractivity contribution in [1.29, 1.82) is 0 Å². The number of morpholine rings is 1. The smallest absolute Gasteiger partial charge is 0.267 e. The number of hydrogen-bond donors (Lipinski definition) is 4. The number of ether oxygens (including phenoxy) is 3. The average molecular weight is 866 g/mol. The molecule has 0 aliphatic carbocycles. The Balaban J connectivity index is 0.883. The molecule has 4 aromatic carbocycles. The number of amides is 2. The van der Waals surface area contributed by atoms with Gasteiger partial charge >= 0.3 is 0 Å². The summed E-state index contributed by atoms with van der Waals surface area (Å²) in [6, 6.07) is 32.9. The van der Waals surface area contributed by atoms with Crippen molar-refractivity contribution >= 4 is 23.2 Å². The van der Waals surface area contributed by atoms with E-state index in [-0.39, 0.29) is 35.2 Å². The molecule has 1 saturated heterocycles. The van der Waals surface area contributed by atoms with Crippen LogP contribution in [0.3, 0.4) is 0 Å². The Morgan fingerprint density at radius 2 is 1.19 bits per heavy atom. The Morgan fingerprint density at radius 3 is 1.66 bits per heavy atom. The van der Waals surface area contributed by atoms with Crippen LogP contribution in [0.4, 0.5) is 20.2 Å². The van der Waals surface area contributed by atoms with Gasteiger partial charge in [-0.15, -0.1) is 0 Å². The number of nitrogens with two attached hydrogens (primary N) is 2. The van der Waals surface area contributed by atoms with Gasteiger partial charge in [0.15, 0.2) is 0 Å². The van der Waals surface area contributed by atoms with Gasteiger partial charge in [-0.1, -0.05) is 0 Å². The van der Waals surface area contributed by atoms with E-state index in [4.69, 9.17) is 25.7 Å². The summed E-state index contributed by atoms with van der Waals surface area (Å²) in [7, 11) is 0. The minimum absolute atomic E-state index is 0.0651. The minimum Gasteiger partial charge on any atom is -0.457 e. The molecule has 1 aliphatic heterocycles. The number of aromatic nitrogens is 4. The molecule has 2 atom stereocenters. The first kappa shape index (κ1) is 43.0. The van der Waals surface area contributed by atoms with Crippen molar-refractivity contribution in [3.8, 4) is 45.5 Å². The van der Waals surface area contributed by atoms with Gasteiger partial charge in [0.25, 0.3) is 11.8 Å². The summed E-state index contributed by atoms with van der Waals surface area (Å²) in [4.78, 5) is 40.3. The fraction of sp³-hybridized carbons (Fsp3) is 0.188. The second-order valence-electron chi connectivity index (χ2n) is 15.1. The lowest BCUT2D eigenvalue weighted by atomic mass is 10.0. The van der Waals surface area contributed by atoms with Crippen LogP contribution in [0, 0.1) is 11.6 Å². The second kappa shape index (κ2) is 20.0. The first-order valence-corrected chi connectivity index (χ1v) is 20.6. The Bertz CT molecular complexity index is 2670. The molecule has 3 aromatic heterocycles. The van der Waals surface area contributed by atoms with Gasteiger partial charge in [-0.05, 0) is 128 Å². The van der Waals surface area contributed by atoms with E-state index < -0.39 is 11.8 Å². The van der Waals surface area contributed by atoms with Gasteiger partial charge in [0.2, 0.25) is 0 Å². The summed E-state index contributed by atoms with van der Waals surface area (Å²) >= 11 is 0. The summed E-state index contributed by atoms with van der Waals surface area (Å²) in [5.41, 5.74) is 15.6. The van der Waals surface area contributed by atoms with Crippen LogP contribution in [0.1, 0.15) is 33.4 Å². The maximum atomic E-state index is 13.3. The molecule has 0 saturated carbocycles. The summed E-state index contributed by atoms with van der Waals surface area (Å²) in [5, 5.41) is 6.91. The van der Waals surface area contributed by atoms with Crippen molar-refractivity contribution in [2.75, 3.05) is 50.0 Å². The van der Waals surface area contributed by atoms with Crippen LogP contribution >= 0.6 is 0 Å². The highest BCUT2D eigenvalue weighted by Gasteiger charge is 2.29. The number of anilines is 2. The highest BCUT2D eigenvalue weighted by Crippen LogP contribution is 2.30. The number of pyridine rings is 2. The van der Waals surface area contributed by atoms with Crippen molar-refractivity contribution in [2.24, 2.45) is 11.5 Å². The molecule has 0 bridgehead atoms. The van der Waals surface area contributed by atoms with Crippen molar-refractivity contribution in [3.63, 3.8) is 0 Å². The quantitative estimate of drug-likeness (QED) is 0.0657. The van der Waals surface area contributed by atoms with Gasteiger partial charge in [-0.2, -0.15) is 0 Å². The number of benzene rings is 4. The number of hydrogen-bond acceptors (Lipinski definition) is 11. The number of primary amides is 2. The zero-order valence-corrected chi connectivity index (χ0v) is 34.6. The monoisotopic (exact) mass is 865 g/mol. The fourth-order valence-corrected chi connectivity index (χ4v) is 7.36. The Morgan fingerprint density at radius 1 is 0.703 bits per heavy atom. The Hall–Kier alpha value is -7.69. The van der Waals surface area contributed by atoms with Crippen molar-refractivity contribution in [1.82, 2.24) is 24.4 Å². The van der Waals surface area contributed by atoms with Crippen LogP contribution in [-0.4, -0.2) is 81.7 Å². The number of carbonyl (C=O) groups excluding carboxylic acids is 2. The molecular formula is C48H45F2N9O5. The van der Waals surface area contributed by atoms with Crippen molar-refractivity contribution in [2.45, 2.75) is 18.6 Å². The SMILES string of the molecule is NC(=O)c1cc(NCCC(C2CN(CCNc3cc(C(N)=O)nc(-c4ccc(Oc5ccc(F)cc5)cc4)c3)CCO2)n2ccnc2)cc(-c2ccc(Oc3ccc(F)cc3)cc2)n1. The third-order valence-corrected chi connectivity index (χ3v) is 10.6. The average Bonchev–Trinajstić information content (AvgIpc) is 3.85. The van der Waals surface area contributed by atoms with Crippen LogP contribution in [0.15, 0.2) is 140 Å². The van der Waals surface area contributed by atoms with Crippen LogP contribution in [0.5, 0.6) is 23.0 Å². The largest absolute Gasteiger partial charge is 0.457 e. The van der Waals surface area contributed by atoms with E-state index in [9.17, 15) is 18.4 Å². The molecule has 7 aromatic rings. The molecule has 16 heteroatoms. The van der Waals surface area contributed by atoms with Gasteiger partial charge in [-0.25, -0.2) is 23.7 Å². The topological polar surface area (TPSA) is 185 Å². The van der Waals surface area contributed by atoms with Crippen LogP contribution in [0.25, 0.3) is 22.5 Å². The highest BCUT2D eigenvalue weighted by molar-refractivity contribution is 5.93. The molecule has 0 radical (unpaired) electrons. The predicted molar refractivity (Wildman–Crippen MR) is 238 cm³/mol. The zero-order chi connectivity index (χ0) is 44.4. The molecular weight excluding hydrogens is 821 g/mol. The number of imidazole rings is 1. The minimum atomic E-state index is -0.651. The molecule has 0 spiro atoms. The second-order valence-corrected chi connectivity index (χ2v) is 15.1. The Kier molecular flexibility index (Phi) is 13.4. The van der Waals surface area contributed by atoms with E-state index in [1.807, 2.05) is 42.6 Å². The molecule has 1 fully saturated rings. The molecule has 64 heavy (non-hydrogen) atoms. The normalized spacial score (nSPS) is 14.4. The van der Waals surface area contributed by atoms with E-state index in [2.05, 4.69) is 35.1 Å². The number of rotatable bonds is 18. The fourth-order valence-electron chi connectivity index (χ4n) is 7.36. The van der Waals surface area contributed by atoms with Gasteiger partial charge in [0.1, 0.15) is 46.0 Å². The molecule has 6 N–H and O–H groups in total. The Labute approximate surface area is 367 Å². The zero-order valence-electron chi connectivity index (χ0n) is 34.6. The van der Waals surface area contributed by atoms with Crippen molar-refractivity contribution < 1.29 is 32.6 Å². The predicted octanol–water partition coefficient (Wildman–Crippen LogP) is 7.92. The third-order valence-electron chi connectivity index (χ3n) is 10.6. The molecule has 2 amide bonds. The highest BCUT2D eigenvalue weighted by atomic mass is 19.1. The number of carbonyl (C=O) groups is 2. The summed E-state index contributed by atoms with van der Waals surface area (Å²) in [6.45, 7) is 3.75. The number of nitrogens with zero attached hydrogens (tertiary/aromatic N) is 5.